The van der Waals surface area contributed by atoms with Crippen LogP contribution in [0.2, 0.25) is 0 Å². The van der Waals surface area contributed by atoms with E-state index in [-0.39, 0.29) is 24.5 Å². The Balaban J connectivity index is 1.39. The lowest BCUT2D eigenvalue weighted by Crippen LogP contribution is -2.59. The van der Waals surface area contributed by atoms with Gasteiger partial charge in [-0.2, -0.15) is 0 Å². The maximum atomic E-state index is 12.9. The van der Waals surface area contributed by atoms with Crippen molar-refractivity contribution >= 4 is 23.2 Å². The molecule has 2 aliphatic heterocycles. The normalized spacial score (nSPS) is 22.0. The van der Waals surface area contributed by atoms with Gasteiger partial charge in [-0.15, -0.1) is 11.3 Å². The van der Waals surface area contributed by atoms with Gasteiger partial charge >= 0.3 is 0 Å². The Labute approximate surface area is 181 Å². The minimum absolute atomic E-state index is 0.00926. The van der Waals surface area contributed by atoms with Crippen molar-refractivity contribution in [3.8, 4) is 10.4 Å². The molecule has 30 heavy (non-hydrogen) atoms. The Morgan fingerprint density at radius 2 is 2.07 bits per heavy atom. The lowest BCUT2D eigenvalue weighted by Gasteiger charge is -2.39. The number of piperazine rings is 1. The molecule has 2 amide bonds. The van der Waals surface area contributed by atoms with Crippen molar-refractivity contribution in [3.05, 3.63) is 47.3 Å². The van der Waals surface area contributed by atoms with Gasteiger partial charge in [-0.05, 0) is 35.4 Å². The highest BCUT2D eigenvalue weighted by molar-refractivity contribution is 7.13. The quantitative estimate of drug-likeness (QED) is 0.681. The summed E-state index contributed by atoms with van der Waals surface area (Å²) in [7, 11) is 1.80. The van der Waals surface area contributed by atoms with Crippen molar-refractivity contribution in [1.29, 1.82) is 0 Å². The van der Waals surface area contributed by atoms with E-state index in [0.717, 1.165) is 30.6 Å². The van der Waals surface area contributed by atoms with Crippen LogP contribution in [0.15, 0.2) is 41.8 Å². The molecular weight excluding hydrogens is 400 g/mol. The summed E-state index contributed by atoms with van der Waals surface area (Å²) in [4.78, 5) is 30.3. The van der Waals surface area contributed by atoms with Gasteiger partial charge < -0.3 is 19.3 Å². The van der Waals surface area contributed by atoms with E-state index in [2.05, 4.69) is 23.6 Å². The number of hydrogen-bond donors (Lipinski definition) is 0. The predicted octanol–water partition coefficient (Wildman–Crippen LogP) is 2.82. The topological polar surface area (TPSA) is 59.1 Å². The van der Waals surface area contributed by atoms with Gasteiger partial charge in [0.15, 0.2) is 0 Å². The zero-order chi connectivity index (χ0) is 20.9. The third-order valence-electron chi connectivity index (χ3n) is 5.78. The highest BCUT2D eigenvalue weighted by Gasteiger charge is 2.36. The summed E-state index contributed by atoms with van der Waals surface area (Å²) in [5.41, 5.74) is 2.21. The Morgan fingerprint density at radius 1 is 1.23 bits per heavy atom. The number of benzene rings is 1. The molecule has 2 fully saturated rings. The second kappa shape index (κ2) is 9.73. The summed E-state index contributed by atoms with van der Waals surface area (Å²) in [5, 5.41) is 2.06. The maximum absolute atomic E-state index is 12.9. The van der Waals surface area contributed by atoms with Crippen LogP contribution in [0.25, 0.3) is 10.4 Å². The fraction of sp³-hybridized carbons (Fsp3) is 0.478. The van der Waals surface area contributed by atoms with Gasteiger partial charge in [0.05, 0.1) is 12.7 Å². The lowest BCUT2D eigenvalue weighted by molar-refractivity contribution is -0.153. The third-order valence-corrected chi connectivity index (χ3v) is 6.70. The van der Waals surface area contributed by atoms with Crippen LogP contribution in [0.1, 0.15) is 18.4 Å². The highest BCUT2D eigenvalue weighted by atomic mass is 32.1. The molecule has 2 aliphatic rings. The fourth-order valence-corrected chi connectivity index (χ4v) is 4.75. The molecule has 2 saturated heterocycles. The molecule has 2 unspecified atom stereocenters. The number of likely N-dealkylation sites (N-methyl/N-ethyl adjacent to an activating group) is 1. The average Bonchev–Trinajstić information content (AvgIpc) is 3.46. The summed E-state index contributed by atoms with van der Waals surface area (Å²) in [6, 6.07) is 11.9. The minimum Gasteiger partial charge on any atom is -0.376 e. The molecule has 1 aromatic heterocycles. The van der Waals surface area contributed by atoms with Crippen molar-refractivity contribution in [3.63, 3.8) is 0 Å². The predicted molar refractivity (Wildman–Crippen MR) is 116 cm³/mol. The van der Waals surface area contributed by atoms with Gasteiger partial charge in [0.2, 0.25) is 11.8 Å². The van der Waals surface area contributed by atoms with Crippen LogP contribution in [-0.2, 0) is 25.5 Å². The van der Waals surface area contributed by atoms with Gasteiger partial charge in [0, 0.05) is 38.0 Å². The molecule has 6 nitrogen and oxygen atoms in total. The van der Waals surface area contributed by atoms with E-state index in [0.29, 0.717) is 26.1 Å². The maximum Gasteiger partial charge on any atom is 0.249 e. The van der Waals surface area contributed by atoms with Crippen LogP contribution >= 0.6 is 11.3 Å². The number of amides is 2. The Bertz CT molecular complexity index is 847. The Kier molecular flexibility index (Phi) is 6.82. The second-order valence-corrected chi connectivity index (χ2v) is 8.84. The van der Waals surface area contributed by atoms with E-state index >= 15 is 0 Å². The molecule has 0 aliphatic carbocycles. The van der Waals surface area contributed by atoms with Crippen LogP contribution < -0.4 is 0 Å². The van der Waals surface area contributed by atoms with E-state index in [4.69, 9.17) is 9.47 Å². The number of rotatable bonds is 7. The zero-order valence-corrected chi connectivity index (χ0v) is 18.1. The van der Waals surface area contributed by atoms with Crippen molar-refractivity contribution in [1.82, 2.24) is 9.80 Å². The molecule has 0 saturated carbocycles. The molecule has 0 radical (unpaired) electrons. The summed E-state index contributed by atoms with van der Waals surface area (Å²) in [5.74, 6) is -0.147. The van der Waals surface area contributed by atoms with Gasteiger partial charge in [-0.3, -0.25) is 9.59 Å². The first kappa shape index (κ1) is 21.0. The van der Waals surface area contributed by atoms with Gasteiger partial charge in [-0.25, -0.2) is 0 Å². The fourth-order valence-electron chi connectivity index (χ4n) is 4.02. The van der Waals surface area contributed by atoms with Crippen LogP contribution in [0.4, 0.5) is 0 Å². The van der Waals surface area contributed by atoms with E-state index < -0.39 is 6.04 Å². The Hall–Kier alpha value is -2.22. The van der Waals surface area contributed by atoms with Gasteiger partial charge in [0.25, 0.3) is 0 Å². The minimum atomic E-state index is -0.491. The first-order valence-corrected chi connectivity index (χ1v) is 11.4. The van der Waals surface area contributed by atoms with Crippen molar-refractivity contribution in [2.75, 3.05) is 40.0 Å². The van der Waals surface area contributed by atoms with Crippen molar-refractivity contribution in [2.24, 2.45) is 0 Å². The van der Waals surface area contributed by atoms with Crippen LogP contribution in [-0.4, -0.2) is 73.7 Å². The van der Waals surface area contributed by atoms with Crippen molar-refractivity contribution in [2.45, 2.75) is 31.4 Å². The molecule has 4 rings (SSSR count). The highest BCUT2D eigenvalue weighted by Crippen LogP contribution is 2.25. The molecule has 2 aromatic rings. The SMILES string of the molecule is CN1CCN(C(=O)COCC2CCCO2)C(Cc2ccc(-c3cccs3)cc2)C1=O. The standard InChI is InChI=1S/C23H28N2O4S/c1-24-10-11-25(22(26)16-28-15-19-4-2-12-29-19)20(23(24)27)14-17-6-8-18(9-7-17)21-5-3-13-30-21/h3,5-9,13,19-20H,2,4,10-12,14-16H2,1H3. The molecule has 160 valence electrons. The largest absolute Gasteiger partial charge is 0.376 e. The van der Waals surface area contributed by atoms with Crippen LogP contribution in [0.3, 0.4) is 0 Å². The number of thiophene rings is 1. The van der Waals surface area contributed by atoms with Gasteiger partial charge in [0.1, 0.15) is 12.6 Å². The number of hydrogen-bond acceptors (Lipinski definition) is 5. The van der Waals surface area contributed by atoms with Crippen molar-refractivity contribution < 1.29 is 19.1 Å². The molecule has 2 atom stereocenters. The summed E-state index contributed by atoms with van der Waals surface area (Å²) in [6.45, 7) is 2.27. The number of carbonyl (C=O) groups excluding carboxylic acids is 2. The summed E-state index contributed by atoms with van der Waals surface area (Å²) in [6.07, 6.45) is 2.61. The van der Waals surface area contributed by atoms with Gasteiger partial charge in [-0.1, -0.05) is 30.3 Å². The van der Waals surface area contributed by atoms with E-state index in [1.165, 1.54) is 4.88 Å². The molecular formula is C23H28N2O4S. The lowest BCUT2D eigenvalue weighted by atomic mass is 10.00. The molecule has 1 aromatic carbocycles. The smallest absolute Gasteiger partial charge is 0.249 e. The summed E-state index contributed by atoms with van der Waals surface area (Å²) < 4.78 is 11.1. The summed E-state index contributed by atoms with van der Waals surface area (Å²) >= 11 is 1.70. The number of ether oxygens (including phenoxy) is 2. The number of carbonyl (C=O) groups is 2. The first-order valence-electron chi connectivity index (χ1n) is 10.5. The van der Waals surface area contributed by atoms with E-state index in [9.17, 15) is 9.59 Å². The van der Waals surface area contributed by atoms with Crippen LogP contribution in [0, 0.1) is 0 Å². The average molecular weight is 429 g/mol. The molecule has 0 bridgehead atoms. The molecule has 7 heteroatoms. The van der Waals surface area contributed by atoms with Crippen LogP contribution in [0.5, 0.6) is 0 Å². The van der Waals surface area contributed by atoms with E-state index in [1.807, 2.05) is 18.2 Å². The molecule has 0 spiro atoms. The number of nitrogens with zero attached hydrogens (tertiary/aromatic N) is 2. The second-order valence-electron chi connectivity index (χ2n) is 7.89. The monoisotopic (exact) mass is 428 g/mol. The zero-order valence-electron chi connectivity index (χ0n) is 17.3. The van der Waals surface area contributed by atoms with E-state index in [1.54, 1.807) is 28.2 Å². The third kappa shape index (κ3) is 4.91. The molecule has 3 heterocycles. The molecule has 0 N–H and O–H groups in total. The first-order chi connectivity index (χ1) is 14.6. The Morgan fingerprint density at radius 3 is 2.77 bits per heavy atom.